The zero-order valence-electron chi connectivity index (χ0n) is 5.72. The standard InChI is InChI=1S/C7H9NO2/c1-2-5-3-4-8-7(10)6(5)9/h3-4,9H,2H2,1H3,(H,8,10). The molecule has 10 heavy (non-hydrogen) atoms. The van der Waals surface area contributed by atoms with Crippen LogP contribution in [0.4, 0.5) is 0 Å². The van der Waals surface area contributed by atoms with Crippen LogP contribution in [0.25, 0.3) is 0 Å². The Morgan fingerprint density at radius 1 is 1.70 bits per heavy atom. The van der Waals surface area contributed by atoms with Gasteiger partial charge < -0.3 is 10.1 Å². The summed E-state index contributed by atoms with van der Waals surface area (Å²) in [5.74, 6) is -0.162. The minimum absolute atomic E-state index is 0.162. The molecule has 1 rings (SSSR count). The highest BCUT2D eigenvalue weighted by Gasteiger charge is 1.99. The van der Waals surface area contributed by atoms with E-state index in [0.717, 1.165) is 0 Å². The van der Waals surface area contributed by atoms with Crippen molar-refractivity contribution in [2.24, 2.45) is 0 Å². The Labute approximate surface area is 58.3 Å². The second-order valence-electron chi connectivity index (χ2n) is 2.03. The van der Waals surface area contributed by atoms with Crippen LogP contribution in [0.2, 0.25) is 0 Å². The topological polar surface area (TPSA) is 53.1 Å². The summed E-state index contributed by atoms with van der Waals surface area (Å²) in [5.41, 5.74) is 0.267. The molecule has 0 aliphatic carbocycles. The van der Waals surface area contributed by atoms with Gasteiger partial charge in [0, 0.05) is 11.8 Å². The van der Waals surface area contributed by atoms with Crippen molar-refractivity contribution < 1.29 is 5.11 Å². The largest absolute Gasteiger partial charge is 0.503 e. The number of hydrogen-bond donors (Lipinski definition) is 2. The van der Waals surface area contributed by atoms with E-state index in [4.69, 9.17) is 5.11 Å². The molecule has 0 aromatic carbocycles. The molecule has 0 aliphatic heterocycles. The van der Waals surface area contributed by atoms with Crippen molar-refractivity contribution in [1.82, 2.24) is 4.98 Å². The molecule has 0 radical (unpaired) electrons. The highest BCUT2D eigenvalue weighted by molar-refractivity contribution is 5.27. The van der Waals surface area contributed by atoms with Crippen LogP contribution in [-0.2, 0) is 6.42 Å². The van der Waals surface area contributed by atoms with Crippen LogP contribution in [0.15, 0.2) is 17.1 Å². The van der Waals surface area contributed by atoms with Crippen molar-refractivity contribution in [3.05, 3.63) is 28.2 Å². The van der Waals surface area contributed by atoms with Gasteiger partial charge in [0.05, 0.1) is 0 Å². The molecular weight excluding hydrogens is 130 g/mol. The van der Waals surface area contributed by atoms with E-state index in [1.54, 1.807) is 6.07 Å². The molecule has 3 nitrogen and oxygen atoms in total. The van der Waals surface area contributed by atoms with E-state index in [0.29, 0.717) is 12.0 Å². The zero-order valence-corrected chi connectivity index (χ0v) is 5.72. The summed E-state index contributed by atoms with van der Waals surface area (Å²) < 4.78 is 0. The lowest BCUT2D eigenvalue weighted by Gasteiger charge is -1.96. The predicted octanol–water partition coefficient (Wildman–Crippen LogP) is 0.643. The first-order chi connectivity index (χ1) is 4.75. The Hall–Kier alpha value is -1.25. The number of pyridine rings is 1. The van der Waals surface area contributed by atoms with Crippen LogP contribution < -0.4 is 5.56 Å². The lowest BCUT2D eigenvalue weighted by Crippen LogP contribution is -2.05. The Morgan fingerprint density at radius 3 is 2.90 bits per heavy atom. The van der Waals surface area contributed by atoms with Crippen molar-refractivity contribution >= 4 is 0 Å². The van der Waals surface area contributed by atoms with E-state index in [-0.39, 0.29) is 5.75 Å². The summed E-state index contributed by atoms with van der Waals surface area (Å²) in [4.78, 5) is 13.1. The summed E-state index contributed by atoms with van der Waals surface area (Å²) in [6.07, 6.45) is 2.20. The zero-order chi connectivity index (χ0) is 7.56. The molecule has 1 aromatic rings. The maximum atomic E-state index is 10.7. The third-order valence-corrected chi connectivity index (χ3v) is 1.40. The quantitative estimate of drug-likeness (QED) is 0.600. The fraction of sp³-hybridized carbons (Fsp3) is 0.286. The number of hydrogen-bond acceptors (Lipinski definition) is 2. The number of aromatic nitrogens is 1. The van der Waals surface area contributed by atoms with Crippen LogP contribution in [-0.4, -0.2) is 10.1 Å². The molecule has 2 N–H and O–H groups in total. The van der Waals surface area contributed by atoms with E-state index < -0.39 is 5.56 Å². The molecule has 0 fully saturated rings. The molecule has 0 unspecified atom stereocenters. The molecular formula is C7H9NO2. The van der Waals surface area contributed by atoms with Crippen LogP contribution >= 0.6 is 0 Å². The first-order valence-corrected chi connectivity index (χ1v) is 3.15. The Morgan fingerprint density at radius 2 is 2.40 bits per heavy atom. The van der Waals surface area contributed by atoms with Gasteiger partial charge in [0.2, 0.25) is 0 Å². The van der Waals surface area contributed by atoms with E-state index in [2.05, 4.69) is 4.98 Å². The van der Waals surface area contributed by atoms with E-state index in [1.807, 2.05) is 6.92 Å². The number of nitrogens with one attached hydrogen (secondary N) is 1. The van der Waals surface area contributed by atoms with Gasteiger partial charge in [0.1, 0.15) is 0 Å². The minimum Gasteiger partial charge on any atom is -0.503 e. The Kier molecular flexibility index (Phi) is 1.76. The number of aromatic amines is 1. The summed E-state index contributed by atoms with van der Waals surface area (Å²) >= 11 is 0. The van der Waals surface area contributed by atoms with Crippen molar-refractivity contribution in [2.75, 3.05) is 0 Å². The number of aromatic hydroxyl groups is 1. The van der Waals surface area contributed by atoms with E-state index in [1.165, 1.54) is 6.20 Å². The second kappa shape index (κ2) is 2.56. The summed E-state index contributed by atoms with van der Waals surface area (Å²) in [6.45, 7) is 1.88. The third kappa shape index (κ3) is 1.03. The monoisotopic (exact) mass is 139 g/mol. The van der Waals surface area contributed by atoms with Gasteiger partial charge in [-0.05, 0) is 12.5 Å². The maximum absolute atomic E-state index is 10.7. The second-order valence-corrected chi connectivity index (χ2v) is 2.03. The molecule has 3 heteroatoms. The van der Waals surface area contributed by atoms with Gasteiger partial charge >= 0.3 is 0 Å². The Balaban J connectivity index is 3.28. The number of H-pyrrole nitrogens is 1. The average Bonchev–Trinajstić information content (AvgIpc) is 1.95. The molecule has 0 saturated heterocycles. The van der Waals surface area contributed by atoms with Crippen LogP contribution in [0.5, 0.6) is 5.75 Å². The van der Waals surface area contributed by atoms with Gasteiger partial charge in [-0.2, -0.15) is 0 Å². The fourth-order valence-corrected chi connectivity index (χ4v) is 0.796. The summed E-state index contributed by atoms with van der Waals surface area (Å²) in [5, 5.41) is 9.05. The molecule has 0 atom stereocenters. The SMILES string of the molecule is CCc1cc[nH]c(=O)c1O. The smallest absolute Gasteiger partial charge is 0.290 e. The van der Waals surface area contributed by atoms with E-state index in [9.17, 15) is 4.79 Å². The fourth-order valence-electron chi connectivity index (χ4n) is 0.796. The summed E-state index contributed by atoms with van der Waals surface area (Å²) in [7, 11) is 0. The van der Waals surface area contributed by atoms with Crippen molar-refractivity contribution in [3.63, 3.8) is 0 Å². The highest BCUT2D eigenvalue weighted by Crippen LogP contribution is 2.08. The molecule has 54 valence electrons. The minimum atomic E-state index is -0.417. The first kappa shape index (κ1) is 6.86. The first-order valence-electron chi connectivity index (χ1n) is 3.15. The van der Waals surface area contributed by atoms with E-state index >= 15 is 0 Å². The molecule has 1 aromatic heterocycles. The predicted molar refractivity (Wildman–Crippen MR) is 38.1 cm³/mol. The van der Waals surface area contributed by atoms with Gasteiger partial charge in [-0.3, -0.25) is 4.79 Å². The summed E-state index contributed by atoms with van der Waals surface area (Å²) in [6, 6.07) is 1.69. The number of aryl methyl sites for hydroxylation is 1. The molecule has 0 saturated carbocycles. The van der Waals surface area contributed by atoms with Crippen LogP contribution in [0.1, 0.15) is 12.5 Å². The molecule has 0 bridgehead atoms. The molecule has 0 aliphatic rings. The lowest BCUT2D eigenvalue weighted by atomic mass is 10.2. The molecule has 0 amide bonds. The van der Waals surface area contributed by atoms with Gasteiger partial charge in [0.25, 0.3) is 5.56 Å². The normalized spacial score (nSPS) is 9.70. The van der Waals surface area contributed by atoms with Gasteiger partial charge in [-0.1, -0.05) is 6.92 Å². The maximum Gasteiger partial charge on any atom is 0.290 e. The highest BCUT2D eigenvalue weighted by atomic mass is 16.3. The Bertz CT molecular complexity index is 277. The van der Waals surface area contributed by atoms with Crippen molar-refractivity contribution in [2.45, 2.75) is 13.3 Å². The van der Waals surface area contributed by atoms with Crippen molar-refractivity contribution in [3.8, 4) is 5.75 Å². The molecule has 1 heterocycles. The molecule has 0 spiro atoms. The van der Waals surface area contributed by atoms with Crippen LogP contribution in [0, 0.1) is 0 Å². The average molecular weight is 139 g/mol. The lowest BCUT2D eigenvalue weighted by molar-refractivity contribution is 0.460. The van der Waals surface area contributed by atoms with Gasteiger partial charge in [-0.15, -0.1) is 0 Å². The van der Waals surface area contributed by atoms with Crippen molar-refractivity contribution in [1.29, 1.82) is 0 Å². The van der Waals surface area contributed by atoms with Gasteiger partial charge in [-0.25, -0.2) is 0 Å². The third-order valence-electron chi connectivity index (χ3n) is 1.40. The van der Waals surface area contributed by atoms with Crippen LogP contribution in [0.3, 0.4) is 0 Å². The van der Waals surface area contributed by atoms with Gasteiger partial charge in [0.15, 0.2) is 5.75 Å². The number of rotatable bonds is 1.